The van der Waals surface area contributed by atoms with E-state index in [9.17, 15) is 9.59 Å². The number of quaternary nitrogens is 1. The van der Waals surface area contributed by atoms with Gasteiger partial charge in [0.15, 0.2) is 6.04 Å². The van der Waals surface area contributed by atoms with Crippen LogP contribution in [0, 0.1) is 0 Å². The number of hydrogen-bond acceptors (Lipinski definition) is 2. The summed E-state index contributed by atoms with van der Waals surface area (Å²) in [5.74, 6) is -0.206. The van der Waals surface area contributed by atoms with Gasteiger partial charge in [0.2, 0.25) is 5.91 Å². The largest absolute Gasteiger partial charge is 0.335 e. The third-order valence-corrected chi connectivity index (χ3v) is 4.51. The topological polar surface area (TPSA) is 54.0 Å². The molecule has 24 heavy (non-hydrogen) atoms. The van der Waals surface area contributed by atoms with E-state index in [-0.39, 0.29) is 24.3 Å². The molecule has 4 heteroatoms. The van der Waals surface area contributed by atoms with Crippen molar-refractivity contribution < 1.29 is 14.9 Å². The van der Waals surface area contributed by atoms with Crippen molar-refractivity contribution in [2.75, 3.05) is 11.4 Å². The molecule has 1 heterocycles. The van der Waals surface area contributed by atoms with Crippen LogP contribution in [0.1, 0.15) is 24.5 Å². The van der Waals surface area contributed by atoms with Gasteiger partial charge in [0.25, 0.3) is 5.91 Å². The van der Waals surface area contributed by atoms with E-state index in [0.717, 1.165) is 19.4 Å². The summed E-state index contributed by atoms with van der Waals surface area (Å²) in [6.07, 6.45) is 2.12. The molecular formula is C20H23N2O2+. The molecule has 1 aliphatic heterocycles. The zero-order valence-corrected chi connectivity index (χ0v) is 13.9. The van der Waals surface area contributed by atoms with Gasteiger partial charge in [-0.1, -0.05) is 49.4 Å². The fourth-order valence-electron chi connectivity index (χ4n) is 3.09. The molecule has 1 fully saturated rings. The van der Waals surface area contributed by atoms with Crippen molar-refractivity contribution in [2.45, 2.75) is 32.2 Å². The zero-order valence-electron chi connectivity index (χ0n) is 13.9. The maximum atomic E-state index is 12.6. The number of amides is 2. The van der Waals surface area contributed by atoms with Gasteiger partial charge in [0.05, 0.1) is 18.7 Å². The van der Waals surface area contributed by atoms with Crippen LogP contribution in [0.5, 0.6) is 0 Å². The van der Waals surface area contributed by atoms with Crippen LogP contribution in [-0.2, 0) is 22.4 Å². The van der Waals surface area contributed by atoms with E-state index in [4.69, 9.17) is 0 Å². The molecule has 2 aromatic rings. The molecule has 0 saturated carbocycles. The van der Waals surface area contributed by atoms with Crippen molar-refractivity contribution in [1.82, 2.24) is 0 Å². The molecule has 0 radical (unpaired) electrons. The highest BCUT2D eigenvalue weighted by Gasteiger charge is 2.41. The molecule has 2 amide bonds. The molecule has 2 aromatic carbocycles. The smallest absolute Gasteiger partial charge is 0.292 e. The Morgan fingerprint density at radius 1 is 1.00 bits per heavy atom. The highest BCUT2D eigenvalue weighted by molar-refractivity contribution is 6.21. The van der Waals surface area contributed by atoms with Crippen LogP contribution in [0.15, 0.2) is 54.6 Å². The molecule has 3 rings (SSSR count). The number of hydrogen-bond donors (Lipinski definition) is 1. The molecule has 0 unspecified atom stereocenters. The number of anilines is 1. The predicted octanol–water partition coefficient (Wildman–Crippen LogP) is 1.69. The Bertz CT molecular complexity index is 710. The average molecular weight is 323 g/mol. The summed E-state index contributed by atoms with van der Waals surface area (Å²) in [4.78, 5) is 26.2. The maximum Gasteiger partial charge on any atom is 0.292 e. The Labute approximate surface area is 142 Å². The van der Waals surface area contributed by atoms with Crippen LogP contribution in [-0.4, -0.2) is 24.4 Å². The highest BCUT2D eigenvalue weighted by atomic mass is 16.2. The van der Waals surface area contributed by atoms with Crippen molar-refractivity contribution in [3.8, 4) is 0 Å². The molecule has 0 spiro atoms. The molecule has 1 saturated heterocycles. The molecule has 1 atom stereocenters. The quantitative estimate of drug-likeness (QED) is 0.823. The van der Waals surface area contributed by atoms with E-state index in [1.807, 2.05) is 47.8 Å². The van der Waals surface area contributed by atoms with E-state index in [1.54, 1.807) is 0 Å². The molecule has 0 bridgehead atoms. The van der Waals surface area contributed by atoms with Crippen molar-refractivity contribution >= 4 is 17.5 Å². The molecule has 2 N–H and O–H groups in total. The number of nitrogens with zero attached hydrogens (tertiary/aromatic N) is 1. The third-order valence-electron chi connectivity index (χ3n) is 4.51. The van der Waals surface area contributed by atoms with Gasteiger partial charge < -0.3 is 5.32 Å². The standard InChI is InChI=1S/C20H22N2O2/c1-2-15-8-10-17(11-9-15)22-19(23)14-18(20(22)24)21-13-12-16-6-4-3-5-7-16/h3-11,18,21H,2,12-14H2,1H3/p+1/t18-/m0/s1. The van der Waals surface area contributed by atoms with Crippen molar-refractivity contribution in [3.63, 3.8) is 0 Å². The lowest BCUT2D eigenvalue weighted by Gasteiger charge is -2.14. The van der Waals surface area contributed by atoms with Gasteiger partial charge in [0, 0.05) is 6.42 Å². The number of aryl methyl sites for hydroxylation is 1. The van der Waals surface area contributed by atoms with Crippen LogP contribution in [0.25, 0.3) is 0 Å². The number of rotatable bonds is 6. The van der Waals surface area contributed by atoms with Gasteiger partial charge in [-0.25, -0.2) is 4.90 Å². The van der Waals surface area contributed by atoms with Crippen molar-refractivity contribution in [3.05, 3.63) is 65.7 Å². The van der Waals surface area contributed by atoms with Crippen LogP contribution in [0.4, 0.5) is 5.69 Å². The van der Waals surface area contributed by atoms with Crippen molar-refractivity contribution in [2.24, 2.45) is 0 Å². The summed E-state index contributed by atoms with van der Waals surface area (Å²) in [5, 5.41) is 1.99. The second-order valence-electron chi connectivity index (χ2n) is 6.16. The van der Waals surface area contributed by atoms with Crippen molar-refractivity contribution in [1.29, 1.82) is 0 Å². The van der Waals surface area contributed by atoms with Crippen LogP contribution in [0.3, 0.4) is 0 Å². The lowest BCUT2D eigenvalue weighted by molar-refractivity contribution is -0.674. The Kier molecular flexibility index (Phi) is 5.06. The monoisotopic (exact) mass is 323 g/mol. The zero-order chi connectivity index (χ0) is 16.9. The minimum atomic E-state index is -0.299. The molecule has 4 nitrogen and oxygen atoms in total. The average Bonchev–Trinajstić information content (AvgIpc) is 2.90. The molecule has 124 valence electrons. The van der Waals surface area contributed by atoms with Gasteiger partial charge in [-0.05, 0) is 29.7 Å². The summed E-state index contributed by atoms with van der Waals surface area (Å²) in [6.45, 7) is 2.88. The Morgan fingerprint density at radius 2 is 1.71 bits per heavy atom. The summed E-state index contributed by atoms with van der Waals surface area (Å²) < 4.78 is 0. The third kappa shape index (κ3) is 3.54. The lowest BCUT2D eigenvalue weighted by Crippen LogP contribution is -2.92. The number of carbonyl (C=O) groups is 2. The first-order valence-electron chi connectivity index (χ1n) is 8.52. The van der Waals surface area contributed by atoms with E-state index >= 15 is 0 Å². The molecular weight excluding hydrogens is 300 g/mol. The Morgan fingerprint density at radius 3 is 2.38 bits per heavy atom. The van der Waals surface area contributed by atoms with Gasteiger partial charge in [-0.2, -0.15) is 0 Å². The van der Waals surface area contributed by atoms with Crippen LogP contribution >= 0.6 is 0 Å². The minimum Gasteiger partial charge on any atom is -0.335 e. The first-order chi connectivity index (χ1) is 11.7. The fourth-order valence-corrected chi connectivity index (χ4v) is 3.09. The predicted molar refractivity (Wildman–Crippen MR) is 93.7 cm³/mol. The van der Waals surface area contributed by atoms with E-state index in [0.29, 0.717) is 5.69 Å². The number of imide groups is 1. The fraction of sp³-hybridized carbons (Fsp3) is 0.300. The molecule has 0 aromatic heterocycles. The molecule has 0 aliphatic carbocycles. The Balaban J connectivity index is 1.61. The normalized spacial score (nSPS) is 17.5. The summed E-state index contributed by atoms with van der Waals surface area (Å²) in [5.41, 5.74) is 3.13. The van der Waals surface area contributed by atoms with E-state index < -0.39 is 0 Å². The second kappa shape index (κ2) is 7.41. The lowest BCUT2D eigenvalue weighted by atomic mass is 10.1. The van der Waals surface area contributed by atoms with E-state index in [1.165, 1.54) is 16.0 Å². The summed E-state index contributed by atoms with van der Waals surface area (Å²) in [7, 11) is 0. The Hall–Kier alpha value is -2.46. The number of nitrogens with two attached hydrogens (primary N) is 1. The van der Waals surface area contributed by atoms with Gasteiger partial charge in [-0.3, -0.25) is 9.59 Å². The first kappa shape index (κ1) is 16.4. The van der Waals surface area contributed by atoms with Gasteiger partial charge >= 0.3 is 0 Å². The molecule has 1 aliphatic rings. The second-order valence-corrected chi connectivity index (χ2v) is 6.16. The SMILES string of the molecule is CCc1ccc(N2C(=O)C[C@H]([NH2+]CCc3ccccc3)C2=O)cc1. The summed E-state index contributed by atoms with van der Waals surface area (Å²) in [6, 6.07) is 17.6. The number of benzene rings is 2. The highest BCUT2D eigenvalue weighted by Crippen LogP contribution is 2.22. The first-order valence-corrected chi connectivity index (χ1v) is 8.52. The van der Waals surface area contributed by atoms with Crippen LogP contribution < -0.4 is 10.2 Å². The maximum absolute atomic E-state index is 12.6. The number of carbonyl (C=O) groups excluding carboxylic acids is 2. The van der Waals surface area contributed by atoms with E-state index in [2.05, 4.69) is 19.1 Å². The van der Waals surface area contributed by atoms with Gasteiger partial charge in [-0.15, -0.1) is 0 Å². The summed E-state index contributed by atoms with van der Waals surface area (Å²) >= 11 is 0. The minimum absolute atomic E-state index is 0.0997. The van der Waals surface area contributed by atoms with Crippen LogP contribution in [0.2, 0.25) is 0 Å². The van der Waals surface area contributed by atoms with Gasteiger partial charge in [0.1, 0.15) is 0 Å².